The molecule has 0 radical (unpaired) electrons. The summed E-state index contributed by atoms with van der Waals surface area (Å²) in [6, 6.07) is 10.8. The normalized spacial score (nSPS) is 13.1. The molecule has 0 aliphatic heterocycles. The van der Waals surface area contributed by atoms with Gasteiger partial charge in [-0.25, -0.2) is 0 Å². The van der Waals surface area contributed by atoms with Gasteiger partial charge in [0.25, 0.3) is 0 Å². The minimum Gasteiger partial charge on any atom is -0.508 e. The van der Waals surface area contributed by atoms with Crippen LogP contribution >= 0.6 is 0 Å². The lowest BCUT2D eigenvalue weighted by molar-refractivity contribution is -0.133. The molecule has 14 N–H and O–H groups in total. The second-order valence-corrected chi connectivity index (χ2v) is 12.4. The van der Waals surface area contributed by atoms with Crippen LogP contribution in [0.5, 0.6) is 5.75 Å². The molecular weight excluding hydrogens is 660 g/mol. The summed E-state index contributed by atoms with van der Waals surface area (Å²) in [5, 5.41) is 22.1. The molecule has 0 bridgehead atoms. The molecule has 0 saturated carbocycles. The zero-order chi connectivity index (χ0) is 37.9. The average Bonchev–Trinajstić information content (AvgIpc) is 3.07. The molecule has 0 aromatic heterocycles. The molecule has 0 unspecified atom stereocenters. The zero-order valence-corrected chi connectivity index (χ0v) is 28.9. The van der Waals surface area contributed by atoms with E-state index < -0.39 is 72.7 Å². The lowest BCUT2D eigenvalue weighted by Gasteiger charge is -2.26. The molecule has 4 atom stereocenters. The van der Waals surface area contributed by atoms with Crippen molar-refractivity contribution in [2.24, 2.45) is 33.8 Å². The second kappa shape index (κ2) is 21.4. The van der Waals surface area contributed by atoms with Crippen molar-refractivity contribution in [3.8, 4) is 5.75 Å². The molecule has 17 nitrogen and oxygen atoms in total. The number of amides is 6. The summed E-state index contributed by atoms with van der Waals surface area (Å²) in [5.74, 6) is -4.11. The number of primary amides is 1. The third kappa shape index (κ3) is 16.5. The number of carbonyl (C=O) groups is 6. The maximum absolute atomic E-state index is 13.6. The first-order valence-electron chi connectivity index (χ1n) is 16.5. The lowest BCUT2D eigenvalue weighted by Crippen LogP contribution is -2.57. The van der Waals surface area contributed by atoms with Crippen LogP contribution in [0, 0.1) is 5.92 Å². The Morgan fingerprint density at radius 3 is 1.90 bits per heavy atom. The number of nitrogens with two attached hydrogens (primary N) is 4. The molecule has 2 aromatic carbocycles. The van der Waals surface area contributed by atoms with Gasteiger partial charge in [0.15, 0.2) is 5.96 Å². The molecular formula is C34H50N10O7. The van der Waals surface area contributed by atoms with Crippen LogP contribution in [0.4, 0.5) is 0 Å². The van der Waals surface area contributed by atoms with Gasteiger partial charge in [-0.15, -0.1) is 0 Å². The van der Waals surface area contributed by atoms with E-state index in [-0.39, 0.29) is 49.9 Å². The quantitative estimate of drug-likeness (QED) is 0.0378. The van der Waals surface area contributed by atoms with E-state index in [2.05, 4.69) is 31.6 Å². The summed E-state index contributed by atoms with van der Waals surface area (Å²) < 4.78 is 0. The molecule has 2 aromatic rings. The average molecular weight is 711 g/mol. The predicted octanol–water partition coefficient (Wildman–Crippen LogP) is -2.22. The smallest absolute Gasteiger partial charge is 0.243 e. The molecule has 2 rings (SSSR count). The van der Waals surface area contributed by atoms with Crippen LogP contribution in [0.1, 0.15) is 44.2 Å². The summed E-state index contributed by atoms with van der Waals surface area (Å²) in [5.41, 5.74) is 23.5. The van der Waals surface area contributed by atoms with Crippen LogP contribution in [0.25, 0.3) is 0 Å². The molecule has 17 heteroatoms. The number of benzene rings is 2. The van der Waals surface area contributed by atoms with Crippen molar-refractivity contribution in [1.29, 1.82) is 0 Å². The van der Waals surface area contributed by atoms with Gasteiger partial charge in [-0.3, -0.25) is 33.8 Å². The Bertz CT molecular complexity index is 1500. The van der Waals surface area contributed by atoms with E-state index in [1.807, 2.05) is 13.8 Å². The Hall–Kier alpha value is -5.71. The van der Waals surface area contributed by atoms with Crippen molar-refractivity contribution < 1.29 is 33.9 Å². The third-order valence-electron chi connectivity index (χ3n) is 7.48. The van der Waals surface area contributed by atoms with Gasteiger partial charge in [0, 0.05) is 13.0 Å². The highest BCUT2D eigenvalue weighted by Gasteiger charge is 2.30. The SMILES string of the molecule is CC(C)C[C@H](NC(=O)[C@H](Cc1ccccc1)NC(=O)CNC(=O)CNC(=O)[C@@H](N)Cc1ccc(O)cc1)C(=O)N[C@@H](CCCN=C(N)N)C(N)=O. The number of hydrogen-bond acceptors (Lipinski definition) is 9. The largest absolute Gasteiger partial charge is 0.508 e. The Balaban J connectivity index is 2.02. The number of nitrogens with zero attached hydrogens (tertiary/aromatic N) is 1. The number of guanidine groups is 1. The maximum Gasteiger partial charge on any atom is 0.243 e. The van der Waals surface area contributed by atoms with Gasteiger partial charge < -0.3 is 54.6 Å². The summed E-state index contributed by atoms with van der Waals surface area (Å²) >= 11 is 0. The summed E-state index contributed by atoms with van der Waals surface area (Å²) in [4.78, 5) is 80.6. The number of phenolic OH excluding ortho intramolecular Hbond substituents is 1. The highest BCUT2D eigenvalue weighted by Crippen LogP contribution is 2.11. The van der Waals surface area contributed by atoms with Crippen molar-refractivity contribution in [1.82, 2.24) is 26.6 Å². The number of carbonyl (C=O) groups excluding carboxylic acids is 6. The van der Waals surface area contributed by atoms with Crippen molar-refractivity contribution in [2.75, 3.05) is 19.6 Å². The zero-order valence-electron chi connectivity index (χ0n) is 28.9. The lowest BCUT2D eigenvalue weighted by atomic mass is 10.0. The molecule has 278 valence electrons. The van der Waals surface area contributed by atoms with Crippen molar-refractivity contribution >= 4 is 41.4 Å². The number of aliphatic imine (C=N–C) groups is 1. The minimum absolute atomic E-state index is 0.0461. The highest BCUT2D eigenvalue weighted by atomic mass is 16.3. The van der Waals surface area contributed by atoms with Gasteiger partial charge in [-0.2, -0.15) is 0 Å². The highest BCUT2D eigenvalue weighted by molar-refractivity contribution is 5.95. The van der Waals surface area contributed by atoms with Crippen LogP contribution in [-0.2, 0) is 41.6 Å². The molecule has 51 heavy (non-hydrogen) atoms. The van der Waals surface area contributed by atoms with Crippen molar-refractivity contribution in [3.63, 3.8) is 0 Å². The van der Waals surface area contributed by atoms with Crippen LogP contribution in [-0.4, -0.2) is 90.3 Å². The maximum atomic E-state index is 13.6. The first-order valence-corrected chi connectivity index (χ1v) is 16.5. The van der Waals surface area contributed by atoms with Gasteiger partial charge in [-0.1, -0.05) is 56.3 Å². The van der Waals surface area contributed by atoms with Crippen LogP contribution in [0.15, 0.2) is 59.6 Å². The standard InChI is InChI=1S/C34H50N10O7/c1-20(2)15-26(32(50)43-25(30(36)48)9-6-14-39-34(37)38)44-33(51)27(17-21-7-4-3-5-8-21)42-29(47)19-40-28(46)18-41-31(49)24(35)16-22-10-12-23(45)13-11-22/h3-5,7-8,10-13,20,24-27,45H,6,9,14-19,35H2,1-2H3,(H2,36,48)(H,40,46)(H,41,49)(H,42,47)(H,43,50)(H,44,51)(H4,37,38,39)/t24-,25-,26-,27-/m0/s1. The van der Waals surface area contributed by atoms with Crippen molar-refractivity contribution in [2.45, 2.75) is 70.1 Å². The molecule has 0 spiro atoms. The minimum atomic E-state index is -1.15. The van der Waals surface area contributed by atoms with E-state index in [1.54, 1.807) is 42.5 Å². The van der Waals surface area contributed by atoms with Crippen LogP contribution < -0.4 is 49.5 Å². The number of phenols is 1. The molecule has 0 heterocycles. The molecule has 0 fully saturated rings. The fraction of sp³-hybridized carbons (Fsp3) is 0.441. The van der Waals surface area contributed by atoms with Gasteiger partial charge in [0.2, 0.25) is 35.4 Å². The molecule has 0 saturated heterocycles. The molecule has 0 aliphatic carbocycles. The van der Waals surface area contributed by atoms with Gasteiger partial charge in [0.05, 0.1) is 19.1 Å². The number of hydrogen-bond donors (Lipinski definition) is 10. The fourth-order valence-electron chi connectivity index (χ4n) is 4.86. The molecule has 0 aliphatic rings. The van der Waals surface area contributed by atoms with Crippen LogP contribution in [0.2, 0.25) is 0 Å². The predicted molar refractivity (Wildman–Crippen MR) is 190 cm³/mol. The summed E-state index contributed by atoms with van der Waals surface area (Å²) in [7, 11) is 0. The van der Waals surface area contributed by atoms with Gasteiger partial charge >= 0.3 is 0 Å². The van der Waals surface area contributed by atoms with Crippen LogP contribution in [0.3, 0.4) is 0 Å². The third-order valence-corrected chi connectivity index (χ3v) is 7.48. The van der Waals surface area contributed by atoms with Gasteiger partial charge in [-0.05, 0) is 54.9 Å². The van der Waals surface area contributed by atoms with E-state index >= 15 is 0 Å². The Kier molecular flexibility index (Phi) is 17.4. The van der Waals surface area contributed by atoms with E-state index in [0.29, 0.717) is 17.5 Å². The topological polar surface area (TPSA) is 299 Å². The Morgan fingerprint density at radius 2 is 1.29 bits per heavy atom. The Morgan fingerprint density at radius 1 is 0.706 bits per heavy atom. The van der Waals surface area contributed by atoms with Gasteiger partial charge in [0.1, 0.15) is 23.9 Å². The van der Waals surface area contributed by atoms with E-state index in [9.17, 15) is 33.9 Å². The van der Waals surface area contributed by atoms with Crippen molar-refractivity contribution in [3.05, 3.63) is 65.7 Å². The first-order chi connectivity index (χ1) is 24.1. The van der Waals surface area contributed by atoms with E-state index in [4.69, 9.17) is 22.9 Å². The van der Waals surface area contributed by atoms with E-state index in [0.717, 1.165) is 0 Å². The number of nitrogens with one attached hydrogen (secondary N) is 5. The Labute approximate surface area is 296 Å². The first kappa shape index (κ1) is 41.5. The summed E-state index contributed by atoms with van der Waals surface area (Å²) in [6.07, 6.45) is 0.965. The number of rotatable bonds is 21. The second-order valence-electron chi connectivity index (χ2n) is 12.4. The monoisotopic (exact) mass is 710 g/mol. The van der Waals surface area contributed by atoms with E-state index in [1.165, 1.54) is 12.1 Å². The molecule has 6 amide bonds. The fourth-order valence-corrected chi connectivity index (χ4v) is 4.86. The number of aromatic hydroxyl groups is 1. The summed E-state index contributed by atoms with van der Waals surface area (Å²) in [6.45, 7) is 2.97.